The molecule has 1 amide bonds. The lowest BCUT2D eigenvalue weighted by Gasteiger charge is -2.38. The fraction of sp³-hybridized carbons (Fsp3) is 0.625. The first kappa shape index (κ1) is 17.8. The number of carbonyl (C=O) groups excluding carboxylic acids is 1. The summed E-state index contributed by atoms with van der Waals surface area (Å²) in [5, 5.41) is 0. The Morgan fingerprint density at radius 3 is 2.60 bits per heavy atom. The van der Waals surface area contributed by atoms with E-state index >= 15 is 0 Å². The molecule has 0 bridgehead atoms. The van der Waals surface area contributed by atoms with Gasteiger partial charge in [-0.15, -0.1) is 0 Å². The van der Waals surface area contributed by atoms with Crippen LogP contribution in [0.5, 0.6) is 5.88 Å². The summed E-state index contributed by atoms with van der Waals surface area (Å²) < 4.78 is 63.2. The standard InChI is InChI=1S/C16H18F4N2O3/c1-15(2,3)25-14(23)22-7-8(17)6-10-12(22)9-4-5-11(16(18,19)20)21-13(9)24-10/h4-5,8,10,12H,6-7H2,1-3H3/t8-,10-,12-/m0/s1. The van der Waals surface area contributed by atoms with Crippen LogP contribution in [0.4, 0.5) is 22.4 Å². The summed E-state index contributed by atoms with van der Waals surface area (Å²) in [7, 11) is 0. The Morgan fingerprint density at radius 1 is 1.32 bits per heavy atom. The van der Waals surface area contributed by atoms with Crippen molar-refractivity contribution < 1.29 is 31.8 Å². The Kier molecular flexibility index (Phi) is 4.08. The second-order valence-corrected chi connectivity index (χ2v) is 7.16. The summed E-state index contributed by atoms with van der Waals surface area (Å²) in [6.45, 7) is 4.82. The summed E-state index contributed by atoms with van der Waals surface area (Å²) in [5.41, 5.74) is -1.54. The van der Waals surface area contributed by atoms with Crippen LogP contribution in [0.2, 0.25) is 0 Å². The topological polar surface area (TPSA) is 51.7 Å². The number of fused-ring (bicyclic) bond motifs is 3. The average molecular weight is 362 g/mol. The van der Waals surface area contributed by atoms with E-state index in [0.29, 0.717) is 5.56 Å². The third kappa shape index (κ3) is 3.50. The van der Waals surface area contributed by atoms with Crippen molar-refractivity contribution in [1.82, 2.24) is 9.88 Å². The van der Waals surface area contributed by atoms with Crippen LogP contribution in [-0.4, -0.2) is 40.4 Å². The first-order chi connectivity index (χ1) is 11.5. The third-order valence-corrected chi connectivity index (χ3v) is 3.96. The van der Waals surface area contributed by atoms with Gasteiger partial charge in [-0.25, -0.2) is 14.2 Å². The summed E-state index contributed by atoms with van der Waals surface area (Å²) in [6, 6.07) is 1.34. The number of halogens is 4. The molecule has 25 heavy (non-hydrogen) atoms. The number of nitrogens with zero attached hydrogens (tertiary/aromatic N) is 2. The molecule has 3 atom stereocenters. The van der Waals surface area contributed by atoms with Gasteiger partial charge in [0.15, 0.2) is 0 Å². The number of piperidine rings is 1. The number of hydrogen-bond acceptors (Lipinski definition) is 4. The van der Waals surface area contributed by atoms with Crippen LogP contribution < -0.4 is 4.74 Å². The van der Waals surface area contributed by atoms with Crippen LogP contribution >= 0.6 is 0 Å². The summed E-state index contributed by atoms with van der Waals surface area (Å²) in [5.74, 6) is -0.215. The molecule has 1 fully saturated rings. The molecule has 0 N–H and O–H groups in total. The fourth-order valence-electron chi connectivity index (χ4n) is 3.04. The molecule has 9 heteroatoms. The second kappa shape index (κ2) is 5.74. The Morgan fingerprint density at radius 2 is 2.00 bits per heavy atom. The van der Waals surface area contributed by atoms with Crippen molar-refractivity contribution in [3.63, 3.8) is 0 Å². The zero-order chi connectivity index (χ0) is 18.6. The number of pyridine rings is 1. The molecule has 1 aromatic rings. The summed E-state index contributed by atoms with van der Waals surface area (Å²) >= 11 is 0. The molecule has 0 aliphatic carbocycles. The van der Waals surface area contributed by atoms with Gasteiger partial charge >= 0.3 is 12.3 Å². The fourth-order valence-corrected chi connectivity index (χ4v) is 3.04. The van der Waals surface area contributed by atoms with Gasteiger partial charge in [-0.3, -0.25) is 4.90 Å². The van der Waals surface area contributed by atoms with Crippen LogP contribution in [0.3, 0.4) is 0 Å². The van der Waals surface area contributed by atoms with E-state index in [4.69, 9.17) is 9.47 Å². The Bertz CT molecular complexity index is 687. The zero-order valence-electron chi connectivity index (χ0n) is 13.9. The number of hydrogen-bond donors (Lipinski definition) is 0. The van der Waals surface area contributed by atoms with E-state index in [1.54, 1.807) is 20.8 Å². The van der Waals surface area contributed by atoms with Crippen molar-refractivity contribution in [3.05, 3.63) is 23.4 Å². The molecule has 0 unspecified atom stereocenters. The molecule has 0 spiro atoms. The minimum absolute atomic E-state index is 0.0261. The number of ether oxygens (including phenoxy) is 2. The number of rotatable bonds is 0. The molecule has 2 aliphatic heterocycles. The molecule has 138 valence electrons. The molecular formula is C16H18F4N2O3. The number of likely N-dealkylation sites (tertiary alicyclic amines) is 1. The molecule has 2 aliphatic rings. The maximum atomic E-state index is 14.0. The van der Waals surface area contributed by atoms with Gasteiger partial charge < -0.3 is 9.47 Å². The average Bonchev–Trinajstić information content (AvgIpc) is 2.80. The van der Waals surface area contributed by atoms with E-state index in [1.807, 2.05) is 0 Å². The zero-order valence-corrected chi connectivity index (χ0v) is 13.9. The first-order valence-electron chi connectivity index (χ1n) is 7.84. The SMILES string of the molecule is CC(C)(C)OC(=O)N1C[C@@H](F)C[C@@H]2Oc3nc(C(F)(F)F)ccc3[C@@H]21. The maximum absolute atomic E-state index is 14.0. The van der Waals surface area contributed by atoms with Crippen LogP contribution in [0.1, 0.15) is 44.5 Å². The highest BCUT2D eigenvalue weighted by molar-refractivity contribution is 5.70. The highest BCUT2D eigenvalue weighted by Crippen LogP contribution is 2.45. The number of aromatic nitrogens is 1. The Labute approximate surface area is 141 Å². The van der Waals surface area contributed by atoms with Crippen LogP contribution in [0, 0.1) is 0 Å². The molecule has 0 radical (unpaired) electrons. The lowest BCUT2D eigenvalue weighted by molar-refractivity contribution is -0.141. The van der Waals surface area contributed by atoms with Gasteiger partial charge in [-0.1, -0.05) is 0 Å². The summed E-state index contributed by atoms with van der Waals surface area (Å²) in [4.78, 5) is 17.1. The predicted molar refractivity (Wildman–Crippen MR) is 78.8 cm³/mol. The van der Waals surface area contributed by atoms with Crippen LogP contribution in [0.25, 0.3) is 0 Å². The van der Waals surface area contributed by atoms with Crippen molar-refractivity contribution in [3.8, 4) is 5.88 Å². The first-order valence-corrected chi connectivity index (χ1v) is 7.84. The number of alkyl halides is 4. The van der Waals surface area contributed by atoms with Crippen LogP contribution in [-0.2, 0) is 10.9 Å². The van der Waals surface area contributed by atoms with Gasteiger partial charge in [0.2, 0.25) is 5.88 Å². The van der Waals surface area contributed by atoms with Gasteiger partial charge in [0, 0.05) is 12.0 Å². The van der Waals surface area contributed by atoms with Gasteiger partial charge in [-0.2, -0.15) is 13.2 Å². The molecule has 1 aromatic heterocycles. The molecule has 0 aromatic carbocycles. The number of carbonyl (C=O) groups is 1. The predicted octanol–water partition coefficient (Wildman–Crippen LogP) is 3.88. The van der Waals surface area contributed by atoms with Gasteiger partial charge in [0.05, 0.1) is 6.54 Å². The molecule has 3 rings (SSSR count). The van der Waals surface area contributed by atoms with E-state index in [9.17, 15) is 22.4 Å². The normalized spacial score (nSPS) is 25.9. The molecule has 3 heterocycles. The monoisotopic (exact) mass is 362 g/mol. The smallest absolute Gasteiger partial charge is 0.433 e. The van der Waals surface area contributed by atoms with E-state index in [0.717, 1.165) is 6.07 Å². The quantitative estimate of drug-likeness (QED) is 0.657. The lowest BCUT2D eigenvalue weighted by atomic mass is 9.94. The van der Waals surface area contributed by atoms with Gasteiger partial charge in [-0.05, 0) is 32.9 Å². The Balaban J connectivity index is 1.94. The molecule has 1 saturated heterocycles. The highest BCUT2D eigenvalue weighted by Gasteiger charge is 2.48. The largest absolute Gasteiger partial charge is 0.471 e. The highest BCUT2D eigenvalue weighted by atomic mass is 19.4. The number of amides is 1. The maximum Gasteiger partial charge on any atom is 0.433 e. The van der Waals surface area contributed by atoms with Crippen molar-refractivity contribution in [2.75, 3.05) is 6.54 Å². The second-order valence-electron chi connectivity index (χ2n) is 7.16. The molecular weight excluding hydrogens is 344 g/mol. The van der Waals surface area contributed by atoms with Gasteiger partial charge in [0.25, 0.3) is 0 Å². The third-order valence-electron chi connectivity index (χ3n) is 3.96. The molecule has 5 nitrogen and oxygen atoms in total. The minimum atomic E-state index is -4.61. The van der Waals surface area contributed by atoms with Crippen molar-refractivity contribution in [1.29, 1.82) is 0 Å². The minimum Gasteiger partial charge on any atom is -0.471 e. The van der Waals surface area contributed by atoms with Crippen molar-refractivity contribution >= 4 is 6.09 Å². The van der Waals surface area contributed by atoms with E-state index in [2.05, 4.69) is 4.98 Å². The van der Waals surface area contributed by atoms with Crippen LogP contribution in [0.15, 0.2) is 12.1 Å². The van der Waals surface area contributed by atoms with Gasteiger partial charge in [0.1, 0.15) is 29.6 Å². The Hall–Kier alpha value is -2.06. The van der Waals surface area contributed by atoms with Crippen molar-refractivity contribution in [2.45, 2.75) is 57.3 Å². The lowest BCUT2D eigenvalue weighted by Crippen LogP contribution is -2.50. The molecule has 0 saturated carbocycles. The van der Waals surface area contributed by atoms with E-state index < -0.39 is 41.9 Å². The van der Waals surface area contributed by atoms with Crippen molar-refractivity contribution in [2.24, 2.45) is 0 Å². The van der Waals surface area contributed by atoms with E-state index in [-0.39, 0.29) is 18.8 Å². The van der Waals surface area contributed by atoms with E-state index in [1.165, 1.54) is 11.0 Å². The summed E-state index contributed by atoms with van der Waals surface area (Å²) in [6.07, 6.45) is -7.52.